The van der Waals surface area contributed by atoms with Gasteiger partial charge in [0.05, 0.1) is 0 Å². The van der Waals surface area contributed by atoms with Gasteiger partial charge in [-0.2, -0.15) is 0 Å². The van der Waals surface area contributed by atoms with Crippen LogP contribution in [0.3, 0.4) is 0 Å². The van der Waals surface area contributed by atoms with Crippen molar-refractivity contribution in [3.63, 3.8) is 0 Å². The highest BCUT2D eigenvalue weighted by Crippen LogP contribution is 2.35. The lowest BCUT2D eigenvalue weighted by molar-refractivity contribution is 0.221. The molecule has 3 unspecified atom stereocenters. The fraction of sp³-hybridized carbons (Fsp3) is 1.00. The van der Waals surface area contributed by atoms with Crippen molar-refractivity contribution in [1.82, 2.24) is 0 Å². The van der Waals surface area contributed by atoms with E-state index in [2.05, 4.69) is 0 Å². The second-order valence-corrected chi connectivity index (χ2v) is 3.62. The predicted octanol–water partition coefficient (Wildman–Crippen LogP) is 0.959. The van der Waals surface area contributed by atoms with Gasteiger partial charge in [0.1, 0.15) is 6.17 Å². The number of hydrogen-bond acceptors (Lipinski definition) is 2. The maximum Gasteiger partial charge on any atom is 0.457 e. The van der Waals surface area contributed by atoms with Gasteiger partial charge in [-0.25, -0.2) is 4.39 Å². The second-order valence-electron chi connectivity index (χ2n) is 3.00. The van der Waals surface area contributed by atoms with E-state index in [-0.39, 0.29) is 5.38 Å². The zero-order valence-electron chi connectivity index (χ0n) is 6.08. The van der Waals surface area contributed by atoms with Crippen molar-refractivity contribution in [2.24, 2.45) is 0 Å². The number of halogens is 2. The van der Waals surface area contributed by atoms with Gasteiger partial charge in [-0.05, 0) is 19.3 Å². The molecule has 2 N–H and O–H groups in total. The van der Waals surface area contributed by atoms with Crippen LogP contribution in [-0.2, 0) is 0 Å². The first-order chi connectivity index (χ1) is 5.11. The molecular formula is C6H11BClFO2. The fourth-order valence-electron chi connectivity index (χ4n) is 1.42. The van der Waals surface area contributed by atoms with Crippen LogP contribution in [0, 0.1) is 0 Å². The summed E-state index contributed by atoms with van der Waals surface area (Å²) in [4.78, 5) is 0. The molecule has 1 saturated carbocycles. The second kappa shape index (κ2) is 3.74. The van der Waals surface area contributed by atoms with Crippen molar-refractivity contribution in [2.45, 2.75) is 36.6 Å². The molecule has 0 aromatic rings. The van der Waals surface area contributed by atoms with Gasteiger partial charge >= 0.3 is 7.12 Å². The third kappa shape index (κ3) is 2.32. The molecule has 1 rings (SSSR count). The van der Waals surface area contributed by atoms with Crippen molar-refractivity contribution in [1.29, 1.82) is 0 Å². The molecule has 2 nitrogen and oxygen atoms in total. The molecule has 0 bridgehead atoms. The summed E-state index contributed by atoms with van der Waals surface area (Å²) < 4.78 is 12.9. The Hall–Kier alpha value is 0.205. The summed E-state index contributed by atoms with van der Waals surface area (Å²) in [6.07, 6.45) is 0.230. The van der Waals surface area contributed by atoms with Crippen molar-refractivity contribution < 1.29 is 14.4 Å². The predicted molar refractivity (Wildman–Crippen MR) is 42.3 cm³/mol. The highest BCUT2D eigenvalue weighted by Gasteiger charge is 2.37. The molecule has 1 aliphatic carbocycles. The summed E-state index contributed by atoms with van der Waals surface area (Å²) in [5.41, 5.74) is 0. The quantitative estimate of drug-likeness (QED) is 0.466. The summed E-state index contributed by atoms with van der Waals surface area (Å²) >= 11 is 5.73. The van der Waals surface area contributed by atoms with Gasteiger partial charge < -0.3 is 10.0 Å². The van der Waals surface area contributed by atoms with E-state index in [0.717, 1.165) is 0 Å². The SMILES string of the molecule is OB(O)C1CC(Cl)CCC1F. The molecule has 11 heavy (non-hydrogen) atoms. The van der Waals surface area contributed by atoms with E-state index >= 15 is 0 Å². The molecule has 0 heterocycles. The lowest BCUT2D eigenvalue weighted by Gasteiger charge is -2.27. The summed E-state index contributed by atoms with van der Waals surface area (Å²) in [5.74, 6) is -0.689. The minimum Gasteiger partial charge on any atom is -0.427 e. The normalized spacial score (nSPS) is 38.7. The van der Waals surface area contributed by atoms with Crippen LogP contribution < -0.4 is 0 Å². The van der Waals surface area contributed by atoms with E-state index in [0.29, 0.717) is 19.3 Å². The summed E-state index contributed by atoms with van der Waals surface area (Å²) in [5, 5.41) is 17.3. The first-order valence-electron chi connectivity index (χ1n) is 3.75. The Balaban J connectivity index is 2.47. The Morgan fingerprint density at radius 1 is 1.36 bits per heavy atom. The highest BCUT2D eigenvalue weighted by molar-refractivity contribution is 6.43. The highest BCUT2D eigenvalue weighted by atomic mass is 35.5. The van der Waals surface area contributed by atoms with E-state index in [1.807, 2.05) is 0 Å². The van der Waals surface area contributed by atoms with Crippen LogP contribution in [0.5, 0.6) is 0 Å². The Morgan fingerprint density at radius 3 is 2.45 bits per heavy atom. The van der Waals surface area contributed by atoms with Crippen molar-refractivity contribution in [3.05, 3.63) is 0 Å². The molecule has 1 fully saturated rings. The monoisotopic (exact) mass is 180 g/mol. The third-order valence-corrected chi connectivity index (χ3v) is 2.53. The fourth-order valence-corrected chi connectivity index (χ4v) is 1.76. The minimum atomic E-state index is -1.56. The molecule has 0 aliphatic heterocycles. The van der Waals surface area contributed by atoms with Gasteiger partial charge in [0.2, 0.25) is 0 Å². The van der Waals surface area contributed by atoms with E-state index in [9.17, 15) is 4.39 Å². The molecule has 0 spiro atoms. The Bertz CT molecular complexity index is 136. The minimum absolute atomic E-state index is 0.103. The van der Waals surface area contributed by atoms with Crippen LogP contribution in [0.1, 0.15) is 19.3 Å². The Kier molecular flexibility index (Phi) is 3.16. The average Bonchev–Trinajstić information content (AvgIpc) is 1.94. The van der Waals surface area contributed by atoms with E-state index in [4.69, 9.17) is 21.6 Å². The summed E-state index contributed by atoms with van der Waals surface area (Å²) in [7, 11) is -1.56. The molecule has 1 aliphatic rings. The molecule has 0 saturated heterocycles. The van der Waals surface area contributed by atoms with Crippen LogP contribution in [0.2, 0.25) is 5.82 Å². The number of hydrogen-bond donors (Lipinski definition) is 2. The summed E-state index contributed by atoms with van der Waals surface area (Å²) in [6, 6.07) is 0. The van der Waals surface area contributed by atoms with Crippen molar-refractivity contribution >= 4 is 18.7 Å². The smallest absolute Gasteiger partial charge is 0.427 e. The van der Waals surface area contributed by atoms with Crippen LogP contribution in [0.15, 0.2) is 0 Å². The topological polar surface area (TPSA) is 40.5 Å². The molecule has 0 aromatic heterocycles. The maximum absolute atomic E-state index is 12.9. The molecule has 3 atom stereocenters. The number of alkyl halides is 2. The zero-order chi connectivity index (χ0) is 8.43. The van der Waals surface area contributed by atoms with E-state index in [1.165, 1.54) is 0 Å². The van der Waals surface area contributed by atoms with Crippen LogP contribution in [-0.4, -0.2) is 28.7 Å². The molecule has 5 heteroatoms. The third-order valence-electron chi connectivity index (χ3n) is 2.13. The van der Waals surface area contributed by atoms with Gasteiger partial charge in [0.25, 0.3) is 0 Å². The summed E-state index contributed by atoms with van der Waals surface area (Å²) in [6.45, 7) is 0. The van der Waals surface area contributed by atoms with Crippen LogP contribution in [0.25, 0.3) is 0 Å². The Morgan fingerprint density at radius 2 is 2.00 bits per heavy atom. The average molecular weight is 180 g/mol. The molecule has 0 amide bonds. The Labute approximate surface area is 70.5 Å². The van der Waals surface area contributed by atoms with Crippen molar-refractivity contribution in [2.75, 3.05) is 0 Å². The van der Waals surface area contributed by atoms with Gasteiger partial charge in [0, 0.05) is 11.2 Å². The lowest BCUT2D eigenvalue weighted by Crippen LogP contribution is -2.33. The van der Waals surface area contributed by atoms with Gasteiger partial charge in [0.15, 0.2) is 0 Å². The molecule has 64 valence electrons. The number of rotatable bonds is 1. The lowest BCUT2D eigenvalue weighted by atomic mass is 9.64. The van der Waals surface area contributed by atoms with Gasteiger partial charge in [-0.1, -0.05) is 0 Å². The van der Waals surface area contributed by atoms with E-state index in [1.54, 1.807) is 0 Å². The maximum atomic E-state index is 12.9. The molecular weight excluding hydrogens is 169 g/mol. The first kappa shape index (κ1) is 9.29. The largest absolute Gasteiger partial charge is 0.457 e. The zero-order valence-corrected chi connectivity index (χ0v) is 6.84. The first-order valence-corrected chi connectivity index (χ1v) is 4.19. The van der Waals surface area contributed by atoms with Crippen LogP contribution in [0.4, 0.5) is 4.39 Å². The van der Waals surface area contributed by atoms with Crippen molar-refractivity contribution in [3.8, 4) is 0 Å². The van der Waals surface area contributed by atoms with Gasteiger partial charge in [-0.3, -0.25) is 0 Å². The van der Waals surface area contributed by atoms with Gasteiger partial charge in [-0.15, -0.1) is 11.6 Å². The molecule has 0 aromatic carbocycles. The van der Waals surface area contributed by atoms with Crippen LogP contribution >= 0.6 is 11.6 Å². The molecule has 0 radical (unpaired) electrons. The standard InChI is InChI=1S/C6H11BClFO2/c8-4-1-2-6(9)5(3-4)7(10)11/h4-6,10-11H,1-3H2. The van der Waals surface area contributed by atoms with E-state index < -0.39 is 19.1 Å².